The molecule has 2 aliphatic rings. The normalized spacial score (nSPS) is 20.7. The molecule has 0 radical (unpaired) electrons. The highest BCUT2D eigenvalue weighted by Gasteiger charge is 2.38. The summed E-state index contributed by atoms with van der Waals surface area (Å²) in [4.78, 5) is 29.3. The van der Waals surface area contributed by atoms with Crippen LogP contribution in [-0.4, -0.2) is 68.3 Å². The van der Waals surface area contributed by atoms with Gasteiger partial charge in [0, 0.05) is 30.9 Å². The van der Waals surface area contributed by atoms with E-state index >= 15 is 0 Å². The van der Waals surface area contributed by atoms with Crippen LogP contribution in [0.25, 0.3) is 0 Å². The molecule has 1 fully saturated rings. The van der Waals surface area contributed by atoms with E-state index < -0.39 is 6.04 Å². The lowest BCUT2D eigenvalue weighted by Gasteiger charge is -2.38. The Labute approximate surface area is 163 Å². The number of rotatable bonds is 5. The van der Waals surface area contributed by atoms with Crippen LogP contribution in [0, 0.1) is 0 Å². The van der Waals surface area contributed by atoms with Crippen LogP contribution in [0.2, 0.25) is 5.02 Å². The first kappa shape index (κ1) is 19.7. The SMILES string of the molecule is COCCN1C(=O)N[C@@H](c2ccccc2Cl)C(C(=O)N2CCOCC2)=C1C. The van der Waals surface area contributed by atoms with Gasteiger partial charge < -0.3 is 19.7 Å². The van der Waals surface area contributed by atoms with Gasteiger partial charge in [-0.15, -0.1) is 0 Å². The van der Waals surface area contributed by atoms with Crippen molar-refractivity contribution in [2.75, 3.05) is 46.6 Å². The first-order chi connectivity index (χ1) is 13.0. The average Bonchev–Trinajstić information content (AvgIpc) is 2.68. The number of hydrogen-bond acceptors (Lipinski definition) is 4. The summed E-state index contributed by atoms with van der Waals surface area (Å²) < 4.78 is 10.5. The average molecular weight is 394 g/mol. The standard InChI is InChI=1S/C19H24ClN3O4/c1-13-16(18(24)22-7-11-27-12-8-22)17(14-5-3-4-6-15(14)20)21-19(25)23(13)9-10-26-2/h3-6,17H,7-12H2,1-2H3,(H,21,25)/t17-/m0/s1. The molecule has 1 atom stereocenters. The third-order valence-corrected chi connectivity index (χ3v) is 5.20. The summed E-state index contributed by atoms with van der Waals surface area (Å²) in [5, 5.41) is 3.45. The van der Waals surface area contributed by atoms with Gasteiger partial charge in [0.15, 0.2) is 0 Å². The van der Waals surface area contributed by atoms with E-state index in [9.17, 15) is 9.59 Å². The summed E-state index contributed by atoms with van der Waals surface area (Å²) >= 11 is 6.38. The van der Waals surface area contributed by atoms with E-state index in [1.807, 2.05) is 18.2 Å². The molecule has 0 bridgehead atoms. The number of urea groups is 1. The molecule has 2 aliphatic heterocycles. The Hall–Kier alpha value is -2.09. The maximum absolute atomic E-state index is 13.3. The zero-order valence-electron chi connectivity index (χ0n) is 15.5. The maximum atomic E-state index is 13.3. The first-order valence-corrected chi connectivity index (χ1v) is 9.31. The van der Waals surface area contributed by atoms with Gasteiger partial charge in [-0.1, -0.05) is 29.8 Å². The molecule has 0 saturated carbocycles. The largest absolute Gasteiger partial charge is 0.383 e. The molecule has 1 aromatic carbocycles. The van der Waals surface area contributed by atoms with Crippen molar-refractivity contribution in [1.29, 1.82) is 0 Å². The van der Waals surface area contributed by atoms with Gasteiger partial charge in [0.2, 0.25) is 0 Å². The number of carbonyl (C=O) groups excluding carboxylic acids is 2. The van der Waals surface area contributed by atoms with Gasteiger partial charge in [0.25, 0.3) is 5.91 Å². The maximum Gasteiger partial charge on any atom is 0.322 e. The molecule has 0 aromatic heterocycles. The van der Waals surface area contributed by atoms with E-state index in [2.05, 4.69) is 5.32 Å². The van der Waals surface area contributed by atoms with E-state index in [0.29, 0.717) is 61.3 Å². The van der Waals surface area contributed by atoms with Gasteiger partial charge in [-0.2, -0.15) is 0 Å². The fourth-order valence-electron chi connectivity index (χ4n) is 3.39. The number of allylic oxidation sites excluding steroid dienone is 1. The topological polar surface area (TPSA) is 71.1 Å². The Balaban J connectivity index is 2.03. The van der Waals surface area contributed by atoms with Crippen molar-refractivity contribution < 1.29 is 19.1 Å². The molecule has 27 heavy (non-hydrogen) atoms. The van der Waals surface area contributed by atoms with Crippen LogP contribution in [0.15, 0.2) is 35.5 Å². The Bertz CT molecular complexity index is 746. The van der Waals surface area contributed by atoms with Crippen molar-refractivity contribution >= 4 is 23.5 Å². The van der Waals surface area contributed by atoms with Crippen molar-refractivity contribution in [3.63, 3.8) is 0 Å². The number of carbonyl (C=O) groups is 2. The van der Waals surface area contributed by atoms with Gasteiger partial charge in [-0.05, 0) is 18.6 Å². The van der Waals surface area contributed by atoms with Crippen LogP contribution in [0.5, 0.6) is 0 Å². The second-order valence-electron chi connectivity index (χ2n) is 6.45. The van der Waals surface area contributed by atoms with Crippen LogP contribution in [-0.2, 0) is 14.3 Å². The highest BCUT2D eigenvalue weighted by molar-refractivity contribution is 6.31. The quantitative estimate of drug-likeness (QED) is 0.832. The summed E-state index contributed by atoms with van der Waals surface area (Å²) in [6, 6.07) is 6.39. The van der Waals surface area contributed by atoms with Gasteiger partial charge in [-0.3, -0.25) is 9.69 Å². The number of ether oxygens (including phenoxy) is 2. The predicted molar refractivity (Wildman–Crippen MR) is 101 cm³/mol. The second-order valence-corrected chi connectivity index (χ2v) is 6.86. The van der Waals surface area contributed by atoms with E-state index in [1.165, 1.54) is 0 Å². The molecule has 0 aliphatic carbocycles. The number of hydrogen-bond donors (Lipinski definition) is 1. The molecular formula is C19H24ClN3O4. The monoisotopic (exact) mass is 393 g/mol. The third-order valence-electron chi connectivity index (χ3n) is 4.86. The van der Waals surface area contributed by atoms with Crippen LogP contribution >= 0.6 is 11.6 Å². The van der Waals surface area contributed by atoms with Gasteiger partial charge in [0.05, 0.1) is 38.0 Å². The number of nitrogens with zero attached hydrogens (tertiary/aromatic N) is 2. The van der Waals surface area contributed by atoms with Crippen molar-refractivity contribution in [2.45, 2.75) is 13.0 Å². The number of nitrogens with one attached hydrogen (secondary N) is 1. The Morgan fingerprint density at radius 2 is 2.04 bits per heavy atom. The smallest absolute Gasteiger partial charge is 0.322 e. The Kier molecular flexibility index (Phi) is 6.36. The lowest BCUT2D eigenvalue weighted by molar-refractivity contribution is -0.131. The molecule has 3 amide bonds. The van der Waals surface area contributed by atoms with Crippen molar-refractivity contribution in [3.8, 4) is 0 Å². The molecule has 0 unspecified atom stereocenters. The molecule has 1 aromatic rings. The zero-order chi connectivity index (χ0) is 19.4. The zero-order valence-corrected chi connectivity index (χ0v) is 16.3. The minimum Gasteiger partial charge on any atom is -0.383 e. The Morgan fingerprint density at radius 1 is 1.33 bits per heavy atom. The highest BCUT2D eigenvalue weighted by atomic mass is 35.5. The minimum absolute atomic E-state index is 0.108. The second kappa shape index (κ2) is 8.73. The van der Waals surface area contributed by atoms with Crippen LogP contribution in [0.1, 0.15) is 18.5 Å². The lowest BCUT2D eigenvalue weighted by atomic mass is 9.93. The van der Waals surface area contributed by atoms with Crippen LogP contribution in [0.3, 0.4) is 0 Å². The fraction of sp³-hybridized carbons (Fsp3) is 0.474. The molecule has 2 heterocycles. The van der Waals surface area contributed by atoms with E-state index in [4.69, 9.17) is 21.1 Å². The van der Waals surface area contributed by atoms with Crippen LogP contribution < -0.4 is 5.32 Å². The summed E-state index contributed by atoms with van der Waals surface area (Å²) in [5.74, 6) is -0.108. The highest BCUT2D eigenvalue weighted by Crippen LogP contribution is 2.35. The van der Waals surface area contributed by atoms with E-state index in [0.717, 1.165) is 0 Å². The van der Waals surface area contributed by atoms with Gasteiger partial charge in [0.1, 0.15) is 0 Å². The van der Waals surface area contributed by atoms with E-state index in [1.54, 1.807) is 29.9 Å². The van der Waals surface area contributed by atoms with Gasteiger partial charge >= 0.3 is 6.03 Å². The number of halogens is 1. The Morgan fingerprint density at radius 3 is 2.70 bits per heavy atom. The number of methoxy groups -OCH3 is 1. The van der Waals surface area contributed by atoms with Crippen molar-refractivity contribution in [1.82, 2.24) is 15.1 Å². The molecule has 1 saturated heterocycles. The fourth-order valence-corrected chi connectivity index (χ4v) is 3.63. The number of amides is 3. The van der Waals surface area contributed by atoms with Crippen molar-refractivity contribution in [2.24, 2.45) is 0 Å². The number of benzene rings is 1. The molecule has 8 heteroatoms. The number of morpholine rings is 1. The molecule has 146 valence electrons. The summed E-state index contributed by atoms with van der Waals surface area (Å²) in [7, 11) is 1.58. The molecule has 7 nitrogen and oxygen atoms in total. The minimum atomic E-state index is -0.597. The lowest BCUT2D eigenvalue weighted by Crippen LogP contribution is -2.51. The molecular weight excluding hydrogens is 370 g/mol. The van der Waals surface area contributed by atoms with Gasteiger partial charge in [-0.25, -0.2) is 4.79 Å². The van der Waals surface area contributed by atoms with E-state index in [-0.39, 0.29) is 11.9 Å². The summed E-state index contributed by atoms with van der Waals surface area (Å²) in [5.41, 5.74) is 1.85. The first-order valence-electron chi connectivity index (χ1n) is 8.93. The molecule has 3 rings (SSSR count). The molecule has 1 N–H and O–H groups in total. The predicted octanol–water partition coefficient (Wildman–Crippen LogP) is 2.19. The molecule has 0 spiro atoms. The summed E-state index contributed by atoms with van der Waals surface area (Å²) in [6.45, 7) is 4.60. The summed E-state index contributed by atoms with van der Waals surface area (Å²) in [6.07, 6.45) is 0. The third kappa shape index (κ3) is 4.10. The van der Waals surface area contributed by atoms with Crippen molar-refractivity contribution in [3.05, 3.63) is 46.1 Å². The van der Waals surface area contributed by atoms with Crippen LogP contribution in [0.4, 0.5) is 4.79 Å².